The lowest BCUT2D eigenvalue weighted by molar-refractivity contribution is -0.384. The van der Waals surface area contributed by atoms with Crippen molar-refractivity contribution in [3.05, 3.63) is 68.7 Å². The Hall–Kier alpha value is -2.49. The fourth-order valence-electron chi connectivity index (χ4n) is 2.06. The third-order valence-electron chi connectivity index (χ3n) is 3.36. The summed E-state index contributed by atoms with van der Waals surface area (Å²) in [5, 5.41) is 18.5. The molecule has 0 spiro atoms. The molecular formula is C15H14ClN3O5S. The van der Waals surface area contributed by atoms with Gasteiger partial charge in [-0.1, -0.05) is 23.7 Å². The third-order valence-corrected chi connectivity index (χ3v) is 4.62. The van der Waals surface area contributed by atoms with Crippen LogP contribution < -0.4 is 10.5 Å². The minimum absolute atomic E-state index is 0.00339. The van der Waals surface area contributed by atoms with Gasteiger partial charge in [0, 0.05) is 18.7 Å². The first-order valence-electron chi connectivity index (χ1n) is 7.02. The van der Waals surface area contributed by atoms with Gasteiger partial charge in [-0.25, -0.2) is 13.6 Å². The van der Waals surface area contributed by atoms with Gasteiger partial charge in [0.25, 0.3) is 11.6 Å². The van der Waals surface area contributed by atoms with E-state index in [0.717, 1.165) is 11.6 Å². The molecule has 2 aromatic carbocycles. The molecule has 0 aliphatic carbocycles. The Bertz CT molecular complexity index is 913. The van der Waals surface area contributed by atoms with Gasteiger partial charge in [0.15, 0.2) is 0 Å². The summed E-state index contributed by atoms with van der Waals surface area (Å²) in [7, 11) is -3.74. The number of sulfonamides is 1. The highest BCUT2D eigenvalue weighted by Gasteiger charge is 2.15. The summed E-state index contributed by atoms with van der Waals surface area (Å²) in [6.07, 6.45) is 0.434. The summed E-state index contributed by atoms with van der Waals surface area (Å²) >= 11 is 5.90. The number of non-ortho nitro benzene ring substituents is 1. The van der Waals surface area contributed by atoms with Gasteiger partial charge in [-0.15, -0.1) is 0 Å². The van der Waals surface area contributed by atoms with E-state index in [0.29, 0.717) is 6.42 Å². The molecule has 1 amide bonds. The van der Waals surface area contributed by atoms with E-state index in [1.165, 1.54) is 24.3 Å². The number of carbonyl (C=O) groups is 1. The first-order chi connectivity index (χ1) is 11.7. The number of hydrogen-bond donors (Lipinski definition) is 2. The molecule has 0 aliphatic heterocycles. The van der Waals surface area contributed by atoms with E-state index in [1.807, 2.05) is 0 Å². The number of nitrogens with zero attached hydrogens (tertiary/aromatic N) is 1. The molecule has 2 aromatic rings. The molecule has 0 fully saturated rings. The molecule has 0 saturated carbocycles. The number of primary sulfonamides is 1. The standard InChI is InChI=1S/C15H14ClN3O5S/c16-14-6-3-11(19(21)22)9-13(14)15(20)18-8-7-10-1-4-12(5-2-10)25(17,23)24/h1-6,9H,7-8H2,(H,18,20)(H2,17,23,24). The number of nitro benzene ring substituents is 1. The fraction of sp³-hybridized carbons (Fsp3) is 0.133. The molecule has 2 rings (SSSR count). The fourth-order valence-corrected chi connectivity index (χ4v) is 2.78. The van der Waals surface area contributed by atoms with Crippen LogP contribution in [0.15, 0.2) is 47.4 Å². The van der Waals surface area contributed by atoms with Crippen LogP contribution in [0.5, 0.6) is 0 Å². The number of hydrogen-bond acceptors (Lipinski definition) is 5. The predicted molar refractivity (Wildman–Crippen MR) is 92.0 cm³/mol. The molecule has 8 nitrogen and oxygen atoms in total. The molecule has 0 aromatic heterocycles. The monoisotopic (exact) mass is 383 g/mol. The van der Waals surface area contributed by atoms with Crippen LogP contribution in [0.4, 0.5) is 5.69 Å². The van der Waals surface area contributed by atoms with Gasteiger partial charge in [0.2, 0.25) is 10.0 Å². The van der Waals surface area contributed by atoms with E-state index < -0.39 is 20.9 Å². The van der Waals surface area contributed by atoms with Crippen LogP contribution >= 0.6 is 11.6 Å². The summed E-state index contributed by atoms with van der Waals surface area (Å²) in [6.45, 7) is 0.243. The van der Waals surface area contributed by atoms with Crippen LogP contribution in [0.1, 0.15) is 15.9 Å². The SMILES string of the molecule is NS(=O)(=O)c1ccc(CCNC(=O)c2cc([N+](=O)[O-])ccc2Cl)cc1. The molecule has 0 bridgehead atoms. The summed E-state index contributed by atoms with van der Waals surface area (Å²) in [5.41, 5.74) is 0.575. The zero-order valence-corrected chi connectivity index (χ0v) is 14.4. The molecule has 0 aliphatic rings. The van der Waals surface area contributed by atoms with E-state index in [9.17, 15) is 23.3 Å². The zero-order valence-electron chi connectivity index (χ0n) is 12.8. The van der Waals surface area contributed by atoms with E-state index in [1.54, 1.807) is 12.1 Å². The second-order valence-corrected chi connectivity index (χ2v) is 7.08. The molecule has 0 atom stereocenters. The largest absolute Gasteiger partial charge is 0.352 e. The van der Waals surface area contributed by atoms with E-state index >= 15 is 0 Å². The third kappa shape index (κ3) is 4.99. The van der Waals surface area contributed by atoms with Crippen molar-refractivity contribution in [1.29, 1.82) is 0 Å². The Morgan fingerprint density at radius 2 is 1.84 bits per heavy atom. The Morgan fingerprint density at radius 1 is 1.20 bits per heavy atom. The zero-order chi connectivity index (χ0) is 18.6. The molecule has 0 heterocycles. The van der Waals surface area contributed by atoms with Crippen molar-refractivity contribution in [2.24, 2.45) is 5.14 Å². The maximum atomic E-state index is 12.1. The Labute approximate surface area is 148 Å². The van der Waals surface area contributed by atoms with Gasteiger partial charge in [-0.2, -0.15) is 0 Å². The maximum Gasteiger partial charge on any atom is 0.270 e. The van der Waals surface area contributed by atoms with Gasteiger partial charge in [0.1, 0.15) is 0 Å². The van der Waals surface area contributed by atoms with Gasteiger partial charge < -0.3 is 5.32 Å². The summed E-state index contributed by atoms with van der Waals surface area (Å²) in [4.78, 5) is 22.3. The first kappa shape index (κ1) is 18.8. The number of halogens is 1. The van der Waals surface area contributed by atoms with Crippen molar-refractivity contribution in [3.8, 4) is 0 Å². The molecule has 3 N–H and O–H groups in total. The number of nitrogens with two attached hydrogens (primary N) is 1. The first-order valence-corrected chi connectivity index (χ1v) is 8.95. The second kappa shape index (κ2) is 7.60. The minimum atomic E-state index is -3.74. The number of benzene rings is 2. The highest BCUT2D eigenvalue weighted by atomic mass is 35.5. The molecule has 0 saturated heterocycles. The van der Waals surface area contributed by atoms with Crippen molar-refractivity contribution < 1.29 is 18.1 Å². The van der Waals surface area contributed by atoms with Crippen molar-refractivity contribution in [2.45, 2.75) is 11.3 Å². The van der Waals surface area contributed by atoms with E-state index in [2.05, 4.69) is 5.32 Å². The van der Waals surface area contributed by atoms with Gasteiger partial charge in [-0.05, 0) is 30.2 Å². The molecule has 0 unspecified atom stereocenters. The molecule has 10 heteroatoms. The number of carbonyl (C=O) groups excluding carboxylic acids is 1. The average Bonchev–Trinajstić information content (AvgIpc) is 2.54. The van der Waals surface area contributed by atoms with Gasteiger partial charge in [-0.3, -0.25) is 14.9 Å². The van der Waals surface area contributed by atoms with Crippen LogP contribution in [-0.2, 0) is 16.4 Å². The Balaban J connectivity index is 1.99. The Morgan fingerprint density at radius 3 is 2.40 bits per heavy atom. The molecule has 132 valence electrons. The van der Waals surface area contributed by atoms with E-state index in [4.69, 9.17) is 16.7 Å². The van der Waals surface area contributed by atoms with Crippen molar-refractivity contribution in [3.63, 3.8) is 0 Å². The maximum absolute atomic E-state index is 12.1. The molecular weight excluding hydrogens is 370 g/mol. The quantitative estimate of drug-likeness (QED) is 0.580. The normalized spacial score (nSPS) is 11.1. The highest BCUT2D eigenvalue weighted by Crippen LogP contribution is 2.21. The number of nitro groups is 1. The molecule has 25 heavy (non-hydrogen) atoms. The smallest absolute Gasteiger partial charge is 0.270 e. The lowest BCUT2D eigenvalue weighted by Crippen LogP contribution is -2.26. The van der Waals surface area contributed by atoms with Crippen LogP contribution in [0, 0.1) is 10.1 Å². The minimum Gasteiger partial charge on any atom is -0.352 e. The van der Waals surface area contributed by atoms with Crippen molar-refractivity contribution in [2.75, 3.05) is 6.54 Å². The summed E-state index contributed by atoms with van der Waals surface area (Å²) < 4.78 is 22.3. The van der Waals surface area contributed by atoms with Crippen LogP contribution in [0.2, 0.25) is 5.02 Å². The van der Waals surface area contributed by atoms with Gasteiger partial charge in [0.05, 0.1) is 20.4 Å². The average molecular weight is 384 g/mol. The van der Waals surface area contributed by atoms with Crippen LogP contribution in [0.25, 0.3) is 0 Å². The second-order valence-electron chi connectivity index (χ2n) is 5.12. The summed E-state index contributed by atoms with van der Waals surface area (Å²) in [5.74, 6) is -0.533. The van der Waals surface area contributed by atoms with Crippen molar-refractivity contribution >= 4 is 33.2 Å². The van der Waals surface area contributed by atoms with Gasteiger partial charge >= 0.3 is 0 Å². The lowest BCUT2D eigenvalue weighted by Gasteiger charge is -2.07. The van der Waals surface area contributed by atoms with E-state index in [-0.39, 0.29) is 27.7 Å². The topological polar surface area (TPSA) is 132 Å². The highest BCUT2D eigenvalue weighted by molar-refractivity contribution is 7.89. The van der Waals surface area contributed by atoms with Crippen LogP contribution in [0.3, 0.4) is 0 Å². The predicted octanol–water partition coefficient (Wildman–Crippen LogP) is 1.87. The van der Waals surface area contributed by atoms with Crippen LogP contribution in [-0.4, -0.2) is 25.8 Å². The Kier molecular flexibility index (Phi) is 5.73. The number of rotatable bonds is 6. The number of amides is 1. The molecule has 0 radical (unpaired) electrons. The summed E-state index contributed by atoms with van der Waals surface area (Å²) in [6, 6.07) is 9.55. The lowest BCUT2D eigenvalue weighted by atomic mass is 10.1. The number of nitrogens with one attached hydrogen (secondary N) is 1. The van der Waals surface area contributed by atoms with Crippen molar-refractivity contribution in [1.82, 2.24) is 5.32 Å².